The lowest BCUT2D eigenvalue weighted by atomic mass is 10.1. The molecule has 0 aliphatic carbocycles. The zero-order valence-corrected chi connectivity index (χ0v) is 17.6. The Kier molecular flexibility index (Phi) is 6.31. The van der Waals surface area contributed by atoms with Crippen molar-refractivity contribution in [1.29, 1.82) is 0 Å². The molecule has 1 heterocycles. The van der Waals surface area contributed by atoms with E-state index >= 15 is 0 Å². The molecule has 0 aliphatic heterocycles. The Balaban J connectivity index is 1.81. The van der Waals surface area contributed by atoms with E-state index in [1.165, 1.54) is 23.5 Å². The normalized spacial score (nSPS) is 11.4. The van der Waals surface area contributed by atoms with Gasteiger partial charge < -0.3 is 15.3 Å². The van der Waals surface area contributed by atoms with Gasteiger partial charge in [0.15, 0.2) is 0 Å². The van der Waals surface area contributed by atoms with Gasteiger partial charge in [-0.25, -0.2) is 10.2 Å². The van der Waals surface area contributed by atoms with Crippen molar-refractivity contribution >= 4 is 52.1 Å². The molecule has 1 amide bonds. The van der Waals surface area contributed by atoms with Crippen molar-refractivity contribution in [3.8, 4) is 21.9 Å². The van der Waals surface area contributed by atoms with Gasteiger partial charge in [-0.05, 0) is 42.8 Å². The minimum Gasteiger partial charge on any atom is -0.507 e. The van der Waals surface area contributed by atoms with Gasteiger partial charge >= 0.3 is 5.97 Å². The van der Waals surface area contributed by atoms with Crippen LogP contribution in [0.4, 0.5) is 0 Å². The second-order valence-electron chi connectivity index (χ2n) is 6.13. The number of amides is 1. The SMILES string of the molecule is C/C(=N\NC(=O)c1ccc(C(=O)O)cc1O)c1csc(-c2ccc(Cl)c(Cl)c2)c1O. The van der Waals surface area contributed by atoms with Gasteiger partial charge in [0.25, 0.3) is 5.91 Å². The number of aromatic hydroxyl groups is 2. The highest BCUT2D eigenvalue weighted by Gasteiger charge is 2.17. The van der Waals surface area contributed by atoms with Gasteiger partial charge in [0, 0.05) is 5.38 Å². The molecular formula is C20H14Cl2N2O5S. The van der Waals surface area contributed by atoms with Crippen LogP contribution < -0.4 is 5.43 Å². The second kappa shape index (κ2) is 8.74. The van der Waals surface area contributed by atoms with E-state index in [2.05, 4.69) is 10.5 Å². The molecule has 3 rings (SSSR count). The first-order valence-corrected chi connectivity index (χ1v) is 9.99. The molecule has 0 atom stereocenters. The number of halogens is 2. The Morgan fingerprint density at radius 2 is 1.77 bits per heavy atom. The molecule has 0 saturated heterocycles. The summed E-state index contributed by atoms with van der Waals surface area (Å²) < 4.78 is 0. The molecule has 0 radical (unpaired) electrons. The van der Waals surface area contributed by atoms with Gasteiger partial charge in [0.1, 0.15) is 11.5 Å². The number of carbonyl (C=O) groups excluding carboxylic acids is 1. The highest BCUT2D eigenvalue weighted by atomic mass is 35.5. The molecule has 7 nitrogen and oxygen atoms in total. The molecule has 0 spiro atoms. The van der Waals surface area contributed by atoms with Gasteiger partial charge in [-0.1, -0.05) is 29.3 Å². The highest BCUT2D eigenvalue weighted by molar-refractivity contribution is 7.14. The average molecular weight is 465 g/mol. The Hall–Kier alpha value is -3.07. The van der Waals surface area contributed by atoms with Crippen LogP contribution in [0.2, 0.25) is 10.0 Å². The number of nitrogens with zero attached hydrogens (tertiary/aromatic N) is 1. The van der Waals surface area contributed by atoms with Gasteiger partial charge in [-0.3, -0.25) is 4.79 Å². The van der Waals surface area contributed by atoms with Gasteiger partial charge in [0.05, 0.1) is 37.3 Å². The number of hydrogen-bond acceptors (Lipinski definition) is 6. The number of carbonyl (C=O) groups is 2. The molecule has 0 fully saturated rings. The van der Waals surface area contributed by atoms with Crippen LogP contribution in [0, 0.1) is 0 Å². The van der Waals surface area contributed by atoms with E-state index in [1.54, 1.807) is 30.5 Å². The third-order valence-corrected chi connectivity index (χ3v) is 5.91. The van der Waals surface area contributed by atoms with Crippen molar-refractivity contribution in [1.82, 2.24) is 5.43 Å². The Morgan fingerprint density at radius 1 is 1.03 bits per heavy atom. The van der Waals surface area contributed by atoms with Crippen molar-refractivity contribution in [3.63, 3.8) is 0 Å². The zero-order valence-electron chi connectivity index (χ0n) is 15.3. The number of carboxylic acid groups (broad SMARTS) is 1. The number of phenolic OH excluding ortho intramolecular Hbond substituents is 1. The maximum atomic E-state index is 12.3. The quantitative estimate of drug-likeness (QED) is 0.313. The molecule has 0 aliphatic rings. The largest absolute Gasteiger partial charge is 0.507 e. The van der Waals surface area contributed by atoms with E-state index in [0.717, 1.165) is 6.07 Å². The Morgan fingerprint density at radius 3 is 2.40 bits per heavy atom. The van der Waals surface area contributed by atoms with Crippen LogP contribution in [-0.4, -0.2) is 32.9 Å². The van der Waals surface area contributed by atoms with E-state index in [1.807, 2.05) is 0 Å². The van der Waals surface area contributed by atoms with Crippen molar-refractivity contribution in [3.05, 3.63) is 68.5 Å². The molecule has 3 aromatic rings. The second-order valence-corrected chi connectivity index (χ2v) is 7.83. The Labute approximate surface area is 184 Å². The van der Waals surface area contributed by atoms with Gasteiger partial charge in [-0.2, -0.15) is 5.10 Å². The van der Waals surface area contributed by atoms with Crippen LogP contribution in [0.1, 0.15) is 33.2 Å². The fourth-order valence-corrected chi connectivity index (χ4v) is 3.86. The van der Waals surface area contributed by atoms with Crippen LogP contribution in [0.25, 0.3) is 10.4 Å². The van der Waals surface area contributed by atoms with Crippen molar-refractivity contribution < 1.29 is 24.9 Å². The van der Waals surface area contributed by atoms with Crippen LogP contribution in [0.15, 0.2) is 46.9 Å². The summed E-state index contributed by atoms with van der Waals surface area (Å²) in [5.41, 5.74) is 3.40. The third kappa shape index (κ3) is 4.40. The first-order valence-electron chi connectivity index (χ1n) is 8.36. The maximum Gasteiger partial charge on any atom is 0.335 e. The molecule has 2 aromatic carbocycles. The molecular weight excluding hydrogens is 451 g/mol. The van der Waals surface area contributed by atoms with Crippen LogP contribution in [0.5, 0.6) is 11.5 Å². The van der Waals surface area contributed by atoms with Crippen LogP contribution in [-0.2, 0) is 0 Å². The molecule has 1 aromatic heterocycles. The average Bonchev–Trinajstić information content (AvgIpc) is 3.09. The summed E-state index contributed by atoms with van der Waals surface area (Å²) in [7, 11) is 0. The number of hydrazone groups is 1. The van der Waals surface area contributed by atoms with Crippen molar-refractivity contribution in [2.75, 3.05) is 0 Å². The summed E-state index contributed by atoms with van der Waals surface area (Å²) in [6.07, 6.45) is 0. The predicted molar refractivity (Wildman–Crippen MR) is 116 cm³/mol. The molecule has 0 saturated carbocycles. The van der Waals surface area contributed by atoms with E-state index in [-0.39, 0.29) is 16.9 Å². The summed E-state index contributed by atoms with van der Waals surface area (Å²) in [4.78, 5) is 23.7. The lowest BCUT2D eigenvalue weighted by Gasteiger charge is -2.06. The summed E-state index contributed by atoms with van der Waals surface area (Å²) in [5.74, 6) is -2.47. The number of benzene rings is 2. The lowest BCUT2D eigenvalue weighted by molar-refractivity contribution is 0.0695. The Bertz CT molecular complexity index is 1190. The van der Waals surface area contributed by atoms with E-state index in [4.69, 9.17) is 28.3 Å². The highest BCUT2D eigenvalue weighted by Crippen LogP contribution is 2.40. The lowest BCUT2D eigenvalue weighted by Crippen LogP contribution is -2.19. The molecule has 10 heteroatoms. The first-order chi connectivity index (χ1) is 14.2. The minimum absolute atomic E-state index is 0.0254. The van der Waals surface area contributed by atoms with Crippen LogP contribution in [0.3, 0.4) is 0 Å². The molecule has 0 bridgehead atoms. The monoisotopic (exact) mass is 464 g/mol. The number of rotatable bonds is 5. The summed E-state index contributed by atoms with van der Waals surface area (Å²) in [6, 6.07) is 8.34. The summed E-state index contributed by atoms with van der Waals surface area (Å²) >= 11 is 13.2. The number of aromatic carboxylic acids is 1. The number of thiophene rings is 1. The number of nitrogens with one attached hydrogen (secondary N) is 1. The number of phenols is 1. The van der Waals surface area contributed by atoms with Crippen molar-refractivity contribution in [2.45, 2.75) is 6.92 Å². The van der Waals surface area contributed by atoms with Crippen molar-refractivity contribution in [2.24, 2.45) is 5.10 Å². The number of carboxylic acids is 1. The van der Waals surface area contributed by atoms with E-state index in [9.17, 15) is 19.8 Å². The topological polar surface area (TPSA) is 119 Å². The van der Waals surface area contributed by atoms with E-state index < -0.39 is 17.6 Å². The smallest absolute Gasteiger partial charge is 0.335 e. The zero-order chi connectivity index (χ0) is 22.0. The fourth-order valence-electron chi connectivity index (χ4n) is 2.56. The minimum atomic E-state index is -1.23. The number of hydrogen-bond donors (Lipinski definition) is 4. The first kappa shape index (κ1) is 21.6. The third-order valence-electron chi connectivity index (χ3n) is 4.15. The molecule has 30 heavy (non-hydrogen) atoms. The standard InChI is InChI=1S/C20H14Cl2N2O5S/c1-9(23-24-19(27)12-4-2-11(20(28)29)7-16(12)25)13-8-30-18(17(13)26)10-3-5-14(21)15(22)6-10/h2-8,25-26H,1H3,(H,24,27)(H,28,29)/b23-9+. The molecule has 0 unspecified atom stereocenters. The summed E-state index contributed by atoms with van der Waals surface area (Å²) in [5, 5.41) is 35.7. The predicted octanol–water partition coefficient (Wildman–Crippen LogP) is 4.99. The fraction of sp³-hybridized carbons (Fsp3) is 0.0500. The summed E-state index contributed by atoms with van der Waals surface area (Å²) in [6.45, 7) is 1.59. The maximum absolute atomic E-state index is 12.3. The van der Waals surface area contributed by atoms with Gasteiger partial charge in [0.2, 0.25) is 0 Å². The van der Waals surface area contributed by atoms with Gasteiger partial charge in [-0.15, -0.1) is 11.3 Å². The molecule has 154 valence electrons. The van der Waals surface area contributed by atoms with E-state index in [0.29, 0.717) is 31.8 Å². The van der Waals surface area contributed by atoms with Crippen LogP contribution >= 0.6 is 34.5 Å². The molecule has 4 N–H and O–H groups in total.